The van der Waals surface area contributed by atoms with Gasteiger partial charge in [-0.3, -0.25) is 4.79 Å². The third-order valence-electron chi connectivity index (χ3n) is 6.86. The largest absolute Gasteiger partial charge is 0.355 e. The molecule has 2 aliphatic rings. The summed E-state index contributed by atoms with van der Waals surface area (Å²) in [6.07, 6.45) is 7.51. The van der Waals surface area contributed by atoms with E-state index in [4.69, 9.17) is 4.98 Å². The minimum absolute atomic E-state index is 0.204. The molecule has 0 bridgehead atoms. The van der Waals surface area contributed by atoms with Gasteiger partial charge in [0.05, 0.1) is 12.0 Å². The summed E-state index contributed by atoms with van der Waals surface area (Å²) in [5.74, 6) is 2.58. The van der Waals surface area contributed by atoms with Crippen molar-refractivity contribution in [3.05, 3.63) is 54.4 Å². The number of aryl methyl sites for hydroxylation is 2. The number of hydrogen-bond acceptors (Lipinski definition) is 7. The first-order valence-corrected chi connectivity index (χ1v) is 11.8. The first kappa shape index (κ1) is 20.7. The maximum Gasteiger partial charge on any atom is 0.231 e. The molecular formula is C25H26N8O. The monoisotopic (exact) mass is 454 g/mol. The molecule has 172 valence electrons. The van der Waals surface area contributed by atoms with E-state index in [1.54, 1.807) is 18.7 Å². The number of benzene rings is 1. The smallest absolute Gasteiger partial charge is 0.231 e. The number of hydrogen-bond donors (Lipinski definition) is 0. The van der Waals surface area contributed by atoms with Crippen molar-refractivity contribution in [1.29, 1.82) is 0 Å². The highest BCUT2D eigenvalue weighted by Crippen LogP contribution is 2.35. The first-order chi connectivity index (χ1) is 16.6. The van der Waals surface area contributed by atoms with Gasteiger partial charge in [-0.15, -0.1) is 0 Å². The van der Waals surface area contributed by atoms with Crippen LogP contribution in [0.4, 0.5) is 11.5 Å². The maximum atomic E-state index is 12.8. The van der Waals surface area contributed by atoms with Crippen molar-refractivity contribution in [1.82, 2.24) is 29.5 Å². The first-order valence-electron chi connectivity index (χ1n) is 11.8. The molecule has 3 aromatic heterocycles. The van der Waals surface area contributed by atoms with E-state index in [1.165, 1.54) is 0 Å². The van der Waals surface area contributed by atoms with Gasteiger partial charge in [-0.05, 0) is 38.3 Å². The fraction of sp³-hybridized carbons (Fsp3) is 0.360. The van der Waals surface area contributed by atoms with Gasteiger partial charge in [0.25, 0.3) is 0 Å². The van der Waals surface area contributed by atoms with Crippen LogP contribution in [0.3, 0.4) is 0 Å². The second kappa shape index (κ2) is 8.16. The number of carbonyl (C=O) groups is 1. The Morgan fingerprint density at radius 3 is 2.56 bits per heavy atom. The molecule has 4 aromatic rings. The summed E-state index contributed by atoms with van der Waals surface area (Å²) >= 11 is 0. The van der Waals surface area contributed by atoms with Crippen LogP contribution in [0.15, 0.2) is 43.0 Å². The van der Waals surface area contributed by atoms with Crippen LogP contribution >= 0.6 is 0 Å². The highest BCUT2D eigenvalue weighted by molar-refractivity contribution is 6.02. The van der Waals surface area contributed by atoms with E-state index in [0.29, 0.717) is 6.42 Å². The molecule has 0 spiro atoms. The van der Waals surface area contributed by atoms with Crippen molar-refractivity contribution >= 4 is 28.6 Å². The van der Waals surface area contributed by atoms with E-state index >= 15 is 0 Å². The lowest BCUT2D eigenvalue weighted by Crippen LogP contribution is -2.46. The maximum absolute atomic E-state index is 12.8. The molecule has 0 aliphatic carbocycles. The van der Waals surface area contributed by atoms with Crippen LogP contribution in [0.2, 0.25) is 0 Å². The van der Waals surface area contributed by atoms with Crippen molar-refractivity contribution in [2.24, 2.45) is 0 Å². The van der Waals surface area contributed by atoms with Gasteiger partial charge < -0.3 is 14.4 Å². The lowest BCUT2D eigenvalue weighted by atomic mass is 10.0. The number of para-hydroxylation sites is 1. The van der Waals surface area contributed by atoms with E-state index in [1.807, 2.05) is 24.0 Å². The van der Waals surface area contributed by atoms with E-state index in [0.717, 1.165) is 77.9 Å². The third kappa shape index (κ3) is 3.30. The Hall–Kier alpha value is -3.88. The number of amides is 1. The predicted molar refractivity (Wildman–Crippen MR) is 130 cm³/mol. The predicted octanol–water partition coefficient (Wildman–Crippen LogP) is 3.17. The molecule has 1 saturated heterocycles. The van der Waals surface area contributed by atoms with Gasteiger partial charge in [0.15, 0.2) is 17.0 Å². The van der Waals surface area contributed by atoms with Crippen LogP contribution in [-0.2, 0) is 17.8 Å². The van der Waals surface area contributed by atoms with Crippen LogP contribution in [0.1, 0.15) is 31.2 Å². The molecule has 6 rings (SSSR count). The van der Waals surface area contributed by atoms with E-state index in [-0.39, 0.29) is 11.9 Å². The summed E-state index contributed by atoms with van der Waals surface area (Å²) in [6, 6.07) is 8.34. The number of piperidine rings is 1. The van der Waals surface area contributed by atoms with Gasteiger partial charge in [0.2, 0.25) is 5.91 Å². The van der Waals surface area contributed by atoms with Crippen LogP contribution in [0.5, 0.6) is 0 Å². The minimum Gasteiger partial charge on any atom is -0.355 e. The highest BCUT2D eigenvalue weighted by atomic mass is 16.2. The SMILES string of the molecule is CCn1c(-c2cnc(C)nc2)nc2c(N3CCC(N4C(=O)Cc5ccccc54)CC3)ncnc21. The Morgan fingerprint density at radius 1 is 1.03 bits per heavy atom. The zero-order valence-electron chi connectivity index (χ0n) is 19.3. The average Bonchev–Trinajstić information content (AvgIpc) is 3.41. The van der Waals surface area contributed by atoms with Crippen LogP contribution in [0.25, 0.3) is 22.6 Å². The van der Waals surface area contributed by atoms with Crippen LogP contribution in [-0.4, -0.2) is 54.5 Å². The van der Waals surface area contributed by atoms with Crippen LogP contribution in [0, 0.1) is 6.92 Å². The van der Waals surface area contributed by atoms with Gasteiger partial charge in [-0.2, -0.15) is 0 Å². The number of rotatable bonds is 4. The number of carbonyl (C=O) groups excluding carboxylic acids is 1. The van der Waals surface area contributed by atoms with Crippen molar-refractivity contribution < 1.29 is 4.79 Å². The molecule has 0 unspecified atom stereocenters. The van der Waals surface area contributed by atoms with Crippen molar-refractivity contribution in [2.75, 3.05) is 22.9 Å². The summed E-state index contributed by atoms with van der Waals surface area (Å²) in [6.45, 7) is 6.30. The van der Waals surface area contributed by atoms with Crippen LogP contribution < -0.4 is 9.80 Å². The Kier molecular flexibility index (Phi) is 4.97. The second-order valence-electron chi connectivity index (χ2n) is 8.86. The second-order valence-corrected chi connectivity index (χ2v) is 8.86. The van der Waals surface area contributed by atoms with Crippen molar-refractivity contribution in [2.45, 2.75) is 45.7 Å². The van der Waals surface area contributed by atoms with E-state index in [9.17, 15) is 4.79 Å². The number of imidazole rings is 1. The number of nitrogens with zero attached hydrogens (tertiary/aromatic N) is 8. The normalized spacial score (nSPS) is 16.5. The number of anilines is 2. The summed E-state index contributed by atoms with van der Waals surface area (Å²) in [5.41, 5.74) is 4.67. The summed E-state index contributed by atoms with van der Waals surface area (Å²) in [4.78, 5) is 39.9. The summed E-state index contributed by atoms with van der Waals surface area (Å²) < 4.78 is 2.08. The summed E-state index contributed by atoms with van der Waals surface area (Å²) in [7, 11) is 0. The zero-order valence-corrected chi connectivity index (χ0v) is 19.3. The molecular weight excluding hydrogens is 428 g/mol. The zero-order chi connectivity index (χ0) is 23.2. The molecule has 0 saturated carbocycles. The number of fused-ring (bicyclic) bond motifs is 2. The molecule has 34 heavy (non-hydrogen) atoms. The third-order valence-corrected chi connectivity index (χ3v) is 6.86. The molecule has 0 N–H and O–H groups in total. The quantitative estimate of drug-likeness (QED) is 0.468. The molecule has 0 radical (unpaired) electrons. The molecule has 5 heterocycles. The highest BCUT2D eigenvalue weighted by Gasteiger charge is 2.35. The van der Waals surface area contributed by atoms with Gasteiger partial charge >= 0.3 is 0 Å². The topological polar surface area (TPSA) is 92.9 Å². The molecule has 9 heteroatoms. The number of aromatic nitrogens is 6. The molecule has 9 nitrogen and oxygen atoms in total. The Labute approximate surface area is 197 Å². The van der Waals surface area contributed by atoms with Crippen molar-refractivity contribution in [3.63, 3.8) is 0 Å². The van der Waals surface area contributed by atoms with Gasteiger partial charge in [-0.1, -0.05) is 18.2 Å². The molecule has 0 atom stereocenters. The fourth-order valence-electron chi connectivity index (χ4n) is 5.20. The lowest BCUT2D eigenvalue weighted by Gasteiger charge is -2.37. The Bertz CT molecular complexity index is 1370. The Morgan fingerprint density at radius 2 is 1.79 bits per heavy atom. The minimum atomic E-state index is 0.204. The van der Waals surface area contributed by atoms with Gasteiger partial charge in [0, 0.05) is 43.8 Å². The lowest BCUT2D eigenvalue weighted by molar-refractivity contribution is -0.117. The molecule has 1 amide bonds. The molecule has 1 fully saturated rings. The molecule has 2 aliphatic heterocycles. The van der Waals surface area contributed by atoms with E-state index < -0.39 is 0 Å². The average molecular weight is 455 g/mol. The van der Waals surface area contributed by atoms with Gasteiger partial charge in [-0.25, -0.2) is 24.9 Å². The fourth-order valence-corrected chi connectivity index (χ4v) is 5.20. The Balaban J connectivity index is 1.29. The molecule has 1 aromatic carbocycles. The standard InChI is InChI=1S/C25H26N8O/c1-3-32-23(18-13-26-16(2)27-14-18)30-22-24(28-15-29-25(22)32)31-10-8-19(9-11-31)33-20-7-5-4-6-17(20)12-21(33)34/h4-7,13-15,19H,3,8-12H2,1-2H3. The van der Waals surface area contributed by atoms with Gasteiger partial charge in [0.1, 0.15) is 18.0 Å². The summed E-state index contributed by atoms with van der Waals surface area (Å²) in [5, 5.41) is 0. The van der Waals surface area contributed by atoms with Crippen molar-refractivity contribution in [3.8, 4) is 11.4 Å². The van der Waals surface area contributed by atoms with E-state index in [2.05, 4.69) is 48.5 Å².